The predicted molar refractivity (Wildman–Crippen MR) is 81.6 cm³/mol. The Morgan fingerprint density at radius 1 is 1.40 bits per heavy atom. The van der Waals surface area contributed by atoms with E-state index in [-0.39, 0.29) is 6.54 Å². The second-order valence-corrected chi connectivity index (χ2v) is 5.53. The molecule has 1 aromatic rings. The quantitative estimate of drug-likeness (QED) is 0.711. The molecule has 0 aliphatic heterocycles. The first-order valence-electron chi connectivity index (χ1n) is 6.79. The standard InChI is InChI=1S/C15H22ClNO3/c1-12(2)6-8-20-9-7-17(11-15(18)19)14-5-3-4-13(16)10-14/h3-5,10,12H,6-9,11H2,1-2H3,(H,18,19). The number of nitrogens with zero attached hydrogens (tertiary/aromatic N) is 1. The summed E-state index contributed by atoms with van der Waals surface area (Å²) in [5.41, 5.74) is 0.798. The monoisotopic (exact) mass is 299 g/mol. The third-order valence-corrected chi connectivity index (χ3v) is 3.08. The predicted octanol–water partition coefficient (Wildman–Crippen LogP) is 3.29. The summed E-state index contributed by atoms with van der Waals surface area (Å²) in [5.74, 6) is -0.259. The van der Waals surface area contributed by atoms with Crippen LogP contribution in [0.4, 0.5) is 5.69 Å². The van der Waals surface area contributed by atoms with E-state index in [0.717, 1.165) is 12.1 Å². The summed E-state index contributed by atoms with van der Waals surface area (Å²) in [7, 11) is 0. The van der Waals surface area contributed by atoms with Crippen LogP contribution in [-0.2, 0) is 9.53 Å². The number of anilines is 1. The summed E-state index contributed by atoms with van der Waals surface area (Å²) in [4.78, 5) is 12.7. The van der Waals surface area contributed by atoms with Gasteiger partial charge in [0.2, 0.25) is 0 Å². The van der Waals surface area contributed by atoms with Crippen molar-refractivity contribution in [1.29, 1.82) is 0 Å². The van der Waals surface area contributed by atoms with Gasteiger partial charge in [-0.1, -0.05) is 31.5 Å². The minimum atomic E-state index is -0.868. The summed E-state index contributed by atoms with van der Waals surface area (Å²) in [6, 6.07) is 7.19. The molecule has 0 aliphatic rings. The lowest BCUT2D eigenvalue weighted by Crippen LogP contribution is -2.32. The van der Waals surface area contributed by atoms with Crippen LogP contribution in [0.5, 0.6) is 0 Å². The average Bonchev–Trinajstić information content (AvgIpc) is 2.36. The van der Waals surface area contributed by atoms with Gasteiger partial charge in [0.1, 0.15) is 6.54 Å². The molecule has 0 atom stereocenters. The highest BCUT2D eigenvalue weighted by Crippen LogP contribution is 2.19. The van der Waals surface area contributed by atoms with Gasteiger partial charge >= 0.3 is 5.97 Å². The lowest BCUT2D eigenvalue weighted by molar-refractivity contribution is -0.135. The van der Waals surface area contributed by atoms with Crippen molar-refractivity contribution in [3.8, 4) is 0 Å². The van der Waals surface area contributed by atoms with Gasteiger partial charge < -0.3 is 14.7 Å². The number of rotatable bonds is 9. The van der Waals surface area contributed by atoms with Crippen molar-refractivity contribution in [2.45, 2.75) is 20.3 Å². The maximum Gasteiger partial charge on any atom is 0.323 e. The summed E-state index contributed by atoms with van der Waals surface area (Å²) in [6.07, 6.45) is 1.01. The molecule has 5 heteroatoms. The van der Waals surface area contributed by atoms with Crippen molar-refractivity contribution in [3.63, 3.8) is 0 Å². The van der Waals surface area contributed by atoms with Crippen LogP contribution in [0.15, 0.2) is 24.3 Å². The molecule has 0 aromatic heterocycles. The van der Waals surface area contributed by atoms with Crippen LogP contribution in [0.1, 0.15) is 20.3 Å². The zero-order chi connectivity index (χ0) is 15.0. The molecule has 0 saturated carbocycles. The molecule has 0 saturated heterocycles. The highest BCUT2D eigenvalue weighted by Gasteiger charge is 2.11. The molecule has 0 bridgehead atoms. The Balaban J connectivity index is 2.50. The Hall–Kier alpha value is -1.26. The summed E-state index contributed by atoms with van der Waals surface area (Å²) in [5, 5.41) is 9.57. The third-order valence-electron chi connectivity index (χ3n) is 2.84. The number of hydrogen-bond acceptors (Lipinski definition) is 3. The van der Waals surface area contributed by atoms with Gasteiger partial charge in [-0.25, -0.2) is 0 Å². The fraction of sp³-hybridized carbons (Fsp3) is 0.533. The molecule has 0 radical (unpaired) electrons. The molecule has 4 nitrogen and oxygen atoms in total. The van der Waals surface area contributed by atoms with Gasteiger partial charge in [-0.3, -0.25) is 4.79 Å². The maximum absolute atomic E-state index is 10.9. The average molecular weight is 300 g/mol. The molecule has 0 heterocycles. The summed E-state index contributed by atoms with van der Waals surface area (Å²) < 4.78 is 5.54. The minimum Gasteiger partial charge on any atom is -0.480 e. The largest absolute Gasteiger partial charge is 0.480 e. The number of carboxylic acid groups (broad SMARTS) is 1. The van der Waals surface area contributed by atoms with Gasteiger partial charge in [-0.2, -0.15) is 0 Å². The SMILES string of the molecule is CC(C)CCOCCN(CC(=O)O)c1cccc(Cl)c1. The fourth-order valence-electron chi connectivity index (χ4n) is 1.73. The number of ether oxygens (including phenoxy) is 1. The molecule has 1 rings (SSSR count). The highest BCUT2D eigenvalue weighted by molar-refractivity contribution is 6.30. The molecule has 0 unspecified atom stereocenters. The number of aliphatic carboxylic acids is 1. The number of halogens is 1. The van der Waals surface area contributed by atoms with E-state index in [9.17, 15) is 4.79 Å². The first-order valence-corrected chi connectivity index (χ1v) is 7.17. The van der Waals surface area contributed by atoms with Gasteiger partial charge in [-0.05, 0) is 30.5 Å². The lowest BCUT2D eigenvalue weighted by Gasteiger charge is -2.23. The first-order chi connectivity index (χ1) is 9.49. The molecular formula is C15H22ClNO3. The maximum atomic E-state index is 10.9. The van der Waals surface area contributed by atoms with Crippen molar-refractivity contribution in [3.05, 3.63) is 29.3 Å². The Morgan fingerprint density at radius 2 is 2.15 bits per heavy atom. The number of benzene rings is 1. The van der Waals surface area contributed by atoms with Crippen LogP contribution in [-0.4, -0.2) is 37.4 Å². The molecule has 0 fully saturated rings. The first kappa shape index (κ1) is 16.8. The number of hydrogen-bond donors (Lipinski definition) is 1. The van der Waals surface area contributed by atoms with E-state index in [0.29, 0.717) is 30.7 Å². The van der Waals surface area contributed by atoms with Crippen molar-refractivity contribution in [2.75, 3.05) is 31.2 Å². The van der Waals surface area contributed by atoms with E-state index in [1.807, 2.05) is 12.1 Å². The Morgan fingerprint density at radius 3 is 2.75 bits per heavy atom. The van der Waals surface area contributed by atoms with Gasteiger partial charge in [0.15, 0.2) is 0 Å². The van der Waals surface area contributed by atoms with Gasteiger partial charge in [0, 0.05) is 23.9 Å². The van der Waals surface area contributed by atoms with Crippen LogP contribution in [0.3, 0.4) is 0 Å². The van der Waals surface area contributed by atoms with Crippen LogP contribution in [0, 0.1) is 5.92 Å². The van der Waals surface area contributed by atoms with Crippen molar-refractivity contribution in [1.82, 2.24) is 0 Å². The van der Waals surface area contributed by atoms with Crippen LogP contribution in [0.2, 0.25) is 5.02 Å². The van der Waals surface area contributed by atoms with Crippen molar-refractivity contribution < 1.29 is 14.6 Å². The smallest absolute Gasteiger partial charge is 0.323 e. The van der Waals surface area contributed by atoms with Gasteiger partial charge in [-0.15, -0.1) is 0 Å². The summed E-state index contributed by atoms with van der Waals surface area (Å²) >= 11 is 5.94. The zero-order valence-electron chi connectivity index (χ0n) is 12.0. The molecular weight excluding hydrogens is 278 g/mol. The number of carbonyl (C=O) groups is 1. The van der Waals surface area contributed by atoms with E-state index in [2.05, 4.69) is 13.8 Å². The molecule has 0 aliphatic carbocycles. The third kappa shape index (κ3) is 6.78. The summed E-state index contributed by atoms with van der Waals surface area (Å²) in [6.45, 7) is 5.97. The minimum absolute atomic E-state index is 0.0616. The molecule has 112 valence electrons. The van der Waals surface area contributed by atoms with E-state index < -0.39 is 5.97 Å². The molecule has 0 spiro atoms. The van der Waals surface area contributed by atoms with Crippen LogP contribution < -0.4 is 4.90 Å². The Bertz CT molecular complexity index is 423. The molecule has 20 heavy (non-hydrogen) atoms. The topological polar surface area (TPSA) is 49.8 Å². The second-order valence-electron chi connectivity index (χ2n) is 5.09. The van der Waals surface area contributed by atoms with Crippen LogP contribution >= 0.6 is 11.6 Å². The fourth-order valence-corrected chi connectivity index (χ4v) is 1.92. The van der Waals surface area contributed by atoms with Gasteiger partial charge in [0.25, 0.3) is 0 Å². The molecule has 1 aromatic carbocycles. The van der Waals surface area contributed by atoms with E-state index in [4.69, 9.17) is 21.4 Å². The van der Waals surface area contributed by atoms with E-state index in [1.54, 1.807) is 17.0 Å². The molecule has 1 N–H and O–H groups in total. The van der Waals surface area contributed by atoms with Crippen molar-refractivity contribution in [2.24, 2.45) is 5.92 Å². The lowest BCUT2D eigenvalue weighted by atomic mass is 10.1. The van der Waals surface area contributed by atoms with Crippen LogP contribution in [0.25, 0.3) is 0 Å². The second kappa shape index (κ2) is 8.82. The zero-order valence-corrected chi connectivity index (χ0v) is 12.8. The van der Waals surface area contributed by atoms with Gasteiger partial charge in [0.05, 0.1) is 6.61 Å². The Kier molecular flexibility index (Phi) is 7.41. The van der Waals surface area contributed by atoms with Crippen molar-refractivity contribution >= 4 is 23.3 Å². The van der Waals surface area contributed by atoms with E-state index >= 15 is 0 Å². The number of carboxylic acids is 1. The normalized spacial score (nSPS) is 10.8. The van der Waals surface area contributed by atoms with E-state index in [1.165, 1.54) is 0 Å². The highest BCUT2D eigenvalue weighted by atomic mass is 35.5. The Labute approximate surface area is 125 Å². The molecule has 0 amide bonds.